The molecule has 106 valence electrons. The Morgan fingerprint density at radius 2 is 1.95 bits per heavy atom. The summed E-state index contributed by atoms with van der Waals surface area (Å²) < 4.78 is 0. The smallest absolute Gasteiger partial charge is 0.101 e. The van der Waals surface area contributed by atoms with Crippen LogP contribution < -0.4 is 10.6 Å². The average Bonchev–Trinajstić information content (AvgIpc) is 2.98. The topological polar surface area (TPSA) is 56.3 Å². The summed E-state index contributed by atoms with van der Waals surface area (Å²) in [6.45, 7) is 4.69. The van der Waals surface area contributed by atoms with Crippen LogP contribution in [0.25, 0.3) is 0 Å². The monoisotopic (exact) mass is 270 g/mol. The summed E-state index contributed by atoms with van der Waals surface area (Å²) in [7, 11) is 0. The number of piperidine rings is 1. The van der Waals surface area contributed by atoms with Crippen LogP contribution in [-0.4, -0.2) is 37.1 Å². The van der Waals surface area contributed by atoms with Crippen molar-refractivity contribution < 1.29 is 0 Å². The summed E-state index contributed by atoms with van der Waals surface area (Å²) in [5, 5.41) is 8.94. The van der Waals surface area contributed by atoms with Crippen LogP contribution in [0.1, 0.15) is 31.2 Å². The van der Waals surface area contributed by atoms with Crippen LogP contribution in [0.4, 0.5) is 11.4 Å². The van der Waals surface area contributed by atoms with Crippen molar-refractivity contribution in [2.24, 2.45) is 0 Å². The number of likely N-dealkylation sites (tertiary alicyclic amines) is 1. The number of benzene rings is 1. The Morgan fingerprint density at radius 3 is 2.65 bits per heavy atom. The van der Waals surface area contributed by atoms with E-state index >= 15 is 0 Å². The fraction of sp³-hybridized carbons (Fsp3) is 0.562. The highest BCUT2D eigenvalue weighted by molar-refractivity contribution is 5.64. The van der Waals surface area contributed by atoms with Gasteiger partial charge >= 0.3 is 0 Å². The highest BCUT2D eigenvalue weighted by atomic mass is 15.3. The molecule has 1 aromatic rings. The number of anilines is 2. The maximum absolute atomic E-state index is 8.94. The number of nitrogens with two attached hydrogens (primary N) is 1. The lowest BCUT2D eigenvalue weighted by Crippen LogP contribution is -2.40. The lowest BCUT2D eigenvalue weighted by Gasteiger charge is -2.32. The predicted molar refractivity (Wildman–Crippen MR) is 81.6 cm³/mol. The van der Waals surface area contributed by atoms with Gasteiger partial charge in [-0.25, -0.2) is 0 Å². The SMILES string of the molecule is N#Cc1ccc(N2CCC(N3CCCCC3)C2)cc1N. The van der Waals surface area contributed by atoms with E-state index in [0.29, 0.717) is 17.3 Å². The molecule has 1 aromatic carbocycles. The first-order chi connectivity index (χ1) is 9.78. The molecule has 2 saturated heterocycles. The molecule has 0 bridgehead atoms. The molecular weight excluding hydrogens is 248 g/mol. The number of nitrogen functional groups attached to an aromatic ring is 1. The Bertz CT molecular complexity index is 514. The maximum atomic E-state index is 8.94. The van der Waals surface area contributed by atoms with Crippen LogP contribution in [0.5, 0.6) is 0 Å². The van der Waals surface area contributed by atoms with E-state index in [4.69, 9.17) is 11.0 Å². The average molecular weight is 270 g/mol. The molecule has 0 amide bonds. The van der Waals surface area contributed by atoms with Gasteiger partial charge in [0.1, 0.15) is 6.07 Å². The van der Waals surface area contributed by atoms with E-state index in [1.807, 2.05) is 18.2 Å². The zero-order valence-corrected chi connectivity index (χ0v) is 11.9. The third-order valence-corrected chi connectivity index (χ3v) is 4.59. The van der Waals surface area contributed by atoms with Crippen LogP contribution in [-0.2, 0) is 0 Å². The molecule has 0 aromatic heterocycles. The van der Waals surface area contributed by atoms with Gasteiger partial charge in [0.15, 0.2) is 0 Å². The summed E-state index contributed by atoms with van der Waals surface area (Å²) in [6.07, 6.45) is 5.32. The van der Waals surface area contributed by atoms with Gasteiger partial charge in [0.05, 0.1) is 11.3 Å². The molecule has 2 fully saturated rings. The number of nitrogens with zero attached hydrogens (tertiary/aromatic N) is 3. The molecule has 4 nitrogen and oxygen atoms in total. The standard InChI is InChI=1S/C16H22N4/c17-11-13-4-5-14(10-16(13)18)20-9-6-15(12-20)19-7-2-1-3-8-19/h4-5,10,15H,1-3,6-9,12,18H2. The largest absolute Gasteiger partial charge is 0.398 e. The minimum absolute atomic E-state index is 0.570. The summed E-state index contributed by atoms with van der Waals surface area (Å²) >= 11 is 0. The summed E-state index contributed by atoms with van der Waals surface area (Å²) in [5.41, 5.74) is 8.23. The Labute approximate surface area is 120 Å². The van der Waals surface area contributed by atoms with Gasteiger partial charge in [-0.3, -0.25) is 4.90 Å². The molecule has 4 heteroatoms. The van der Waals surface area contributed by atoms with Crippen molar-refractivity contribution in [1.29, 1.82) is 5.26 Å². The van der Waals surface area contributed by atoms with Gasteiger partial charge in [0, 0.05) is 24.8 Å². The van der Waals surface area contributed by atoms with Crippen LogP contribution in [0.2, 0.25) is 0 Å². The van der Waals surface area contributed by atoms with E-state index < -0.39 is 0 Å². The predicted octanol–water partition coefficient (Wildman–Crippen LogP) is 2.21. The molecule has 3 rings (SSSR count). The first kappa shape index (κ1) is 13.3. The normalized spacial score (nSPS) is 23.8. The van der Waals surface area contributed by atoms with E-state index in [1.54, 1.807) is 0 Å². The first-order valence-corrected chi connectivity index (χ1v) is 7.56. The summed E-state index contributed by atoms with van der Waals surface area (Å²) in [4.78, 5) is 5.05. The third-order valence-electron chi connectivity index (χ3n) is 4.59. The third kappa shape index (κ3) is 2.59. The number of hydrogen-bond acceptors (Lipinski definition) is 4. The lowest BCUT2D eigenvalue weighted by atomic mass is 10.1. The molecule has 1 atom stereocenters. The van der Waals surface area contributed by atoms with Gasteiger partial charge < -0.3 is 10.6 Å². The molecule has 2 heterocycles. The number of hydrogen-bond donors (Lipinski definition) is 1. The Morgan fingerprint density at radius 1 is 1.15 bits per heavy atom. The van der Waals surface area contributed by atoms with Gasteiger partial charge in [-0.05, 0) is 50.6 Å². The van der Waals surface area contributed by atoms with E-state index in [0.717, 1.165) is 18.8 Å². The van der Waals surface area contributed by atoms with E-state index in [-0.39, 0.29) is 0 Å². The lowest BCUT2D eigenvalue weighted by molar-refractivity contribution is 0.175. The van der Waals surface area contributed by atoms with Crippen molar-refractivity contribution in [3.05, 3.63) is 23.8 Å². The maximum Gasteiger partial charge on any atom is 0.101 e. The molecule has 0 spiro atoms. The molecule has 1 unspecified atom stereocenters. The van der Waals surface area contributed by atoms with E-state index in [1.165, 1.54) is 38.8 Å². The fourth-order valence-electron chi connectivity index (χ4n) is 3.41. The molecule has 2 aliphatic heterocycles. The van der Waals surface area contributed by atoms with Crippen molar-refractivity contribution in [3.63, 3.8) is 0 Å². The summed E-state index contributed by atoms with van der Waals surface area (Å²) in [5.74, 6) is 0. The second-order valence-electron chi connectivity index (χ2n) is 5.87. The Kier molecular flexibility index (Phi) is 3.79. The Hall–Kier alpha value is -1.73. The molecular formula is C16H22N4. The van der Waals surface area contributed by atoms with Crippen LogP contribution >= 0.6 is 0 Å². The molecule has 2 aliphatic rings. The van der Waals surface area contributed by atoms with Gasteiger partial charge in [-0.15, -0.1) is 0 Å². The second kappa shape index (κ2) is 5.72. The van der Waals surface area contributed by atoms with Crippen molar-refractivity contribution in [1.82, 2.24) is 4.90 Å². The second-order valence-corrected chi connectivity index (χ2v) is 5.87. The van der Waals surface area contributed by atoms with Crippen LogP contribution in [0, 0.1) is 11.3 Å². The molecule has 2 N–H and O–H groups in total. The quantitative estimate of drug-likeness (QED) is 0.837. The first-order valence-electron chi connectivity index (χ1n) is 7.56. The van der Waals surface area contributed by atoms with Gasteiger partial charge in [0.25, 0.3) is 0 Å². The number of rotatable bonds is 2. The zero-order valence-electron chi connectivity index (χ0n) is 11.9. The highest BCUT2D eigenvalue weighted by Crippen LogP contribution is 2.27. The molecule has 0 saturated carbocycles. The Balaban J connectivity index is 1.67. The van der Waals surface area contributed by atoms with Crippen molar-refractivity contribution in [3.8, 4) is 6.07 Å². The summed E-state index contributed by atoms with van der Waals surface area (Å²) in [6, 6.07) is 8.60. The van der Waals surface area contributed by atoms with Gasteiger partial charge in [0.2, 0.25) is 0 Å². The highest BCUT2D eigenvalue weighted by Gasteiger charge is 2.28. The minimum atomic E-state index is 0.570. The van der Waals surface area contributed by atoms with Crippen LogP contribution in [0.3, 0.4) is 0 Å². The minimum Gasteiger partial charge on any atom is -0.398 e. The van der Waals surface area contributed by atoms with Gasteiger partial charge in [-0.2, -0.15) is 5.26 Å². The fourth-order valence-corrected chi connectivity index (χ4v) is 3.41. The number of nitriles is 1. The van der Waals surface area contributed by atoms with E-state index in [9.17, 15) is 0 Å². The molecule has 0 radical (unpaired) electrons. The van der Waals surface area contributed by atoms with E-state index in [2.05, 4.69) is 15.9 Å². The van der Waals surface area contributed by atoms with Crippen molar-refractivity contribution >= 4 is 11.4 Å². The van der Waals surface area contributed by atoms with Gasteiger partial charge in [-0.1, -0.05) is 6.42 Å². The van der Waals surface area contributed by atoms with Crippen LogP contribution in [0.15, 0.2) is 18.2 Å². The van der Waals surface area contributed by atoms with Crippen molar-refractivity contribution in [2.75, 3.05) is 36.8 Å². The van der Waals surface area contributed by atoms with Crippen molar-refractivity contribution in [2.45, 2.75) is 31.7 Å². The molecule has 0 aliphatic carbocycles. The zero-order chi connectivity index (χ0) is 13.9. The molecule has 20 heavy (non-hydrogen) atoms.